The summed E-state index contributed by atoms with van der Waals surface area (Å²) in [7, 11) is 0. The molecule has 2 rings (SSSR count). The number of rotatable bonds is 0. The van der Waals surface area contributed by atoms with Gasteiger partial charge >= 0.3 is 58.2 Å². The van der Waals surface area contributed by atoms with Crippen LogP contribution in [0.2, 0.25) is 0 Å². The van der Waals surface area contributed by atoms with Crippen molar-refractivity contribution >= 4 is 5.69 Å². The van der Waals surface area contributed by atoms with Crippen molar-refractivity contribution in [2.75, 3.05) is 6.54 Å². The molecule has 0 aromatic heterocycles. The summed E-state index contributed by atoms with van der Waals surface area (Å²) in [6.45, 7) is 3.11. The molecule has 0 saturated heterocycles. The van der Waals surface area contributed by atoms with Crippen molar-refractivity contribution in [2.45, 2.75) is 13.3 Å². The molecular formula is C9H10NRb. The van der Waals surface area contributed by atoms with Crippen LogP contribution in [0.25, 0.3) is 5.32 Å². The quantitative estimate of drug-likeness (QED) is 0.560. The minimum Gasteiger partial charge on any atom is -0.684 e. The van der Waals surface area contributed by atoms with Crippen LogP contribution in [0.5, 0.6) is 0 Å². The van der Waals surface area contributed by atoms with Crippen LogP contribution in [0.3, 0.4) is 0 Å². The van der Waals surface area contributed by atoms with E-state index in [0.717, 1.165) is 13.0 Å². The molecule has 0 fully saturated rings. The van der Waals surface area contributed by atoms with Crippen LogP contribution in [0, 0.1) is 6.92 Å². The summed E-state index contributed by atoms with van der Waals surface area (Å²) >= 11 is 0. The van der Waals surface area contributed by atoms with Crippen molar-refractivity contribution in [1.29, 1.82) is 0 Å². The van der Waals surface area contributed by atoms with E-state index >= 15 is 0 Å². The van der Waals surface area contributed by atoms with Gasteiger partial charge in [-0.2, -0.15) is 0 Å². The van der Waals surface area contributed by atoms with Gasteiger partial charge in [-0.3, -0.25) is 0 Å². The molecule has 0 bridgehead atoms. The zero-order valence-electron chi connectivity index (χ0n) is 7.09. The first kappa shape index (κ1) is 9.91. The molecule has 1 aromatic rings. The Bertz CT molecular complexity index is 258. The molecule has 11 heavy (non-hydrogen) atoms. The van der Waals surface area contributed by atoms with E-state index in [0.29, 0.717) is 0 Å². The largest absolute Gasteiger partial charge is 1.00 e. The fraction of sp³-hybridized carbons (Fsp3) is 0.333. The minimum absolute atomic E-state index is 0. The molecule has 0 atom stereocenters. The van der Waals surface area contributed by atoms with Gasteiger partial charge in [0.1, 0.15) is 0 Å². The minimum atomic E-state index is 0. The van der Waals surface area contributed by atoms with E-state index in [9.17, 15) is 0 Å². The van der Waals surface area contributed by atoms with E-state index in [1.807, 2.05) is 0 Å². The van der Waals surface area contributed by atoms with E-state index in [1.54, 1.807) is 0 Å². The van der Waals surface area contributed by atoms with E-state index in [1.165, 1.54) is 16.8 Å². The second kappa shape index (κ2) is 4.17. The van der Waals surface area contributed by atoms with Gasteiger partial charge in [0.25, 0.3) is 0 Å². The van der Waals surface area contributed by atoms with Gasteiger partial charge < -0.3 is 5.32 Å². The van der Waals surface area contributed by atoms with Crippen molar-refractivity contribution in [3.05, 3.63) is 34.6 Å². The summed E-state index contributed by atoms with van der Waals surface area (Å²) in [5.41, 5.74) is 3.96. The molecule has 0 N–H and O–H groups in total. The van der Waals surface area contributed by atoms with Gasteiger partial charge in [-0.05, 0) is 13.3 Å². The first-order chi connectivity index (χ1) is 4.86. The molecule has 2 heteroatoms. The maximum absolute atomic E-state index is 4.34. The summed E-state index contributed by atoms with van der Waals surface area (Å²) < 4.78 is 0. The van der Waals surface area contributed by atoms with Crippen LogP contribution < -0.4 is 58.2 Å². The third-order valence-electron chi connectivity index (χ3n) is 1.90. The Hall–Kier alpha value is 0.825. The van der Waals surface area contributed by atoms with Gasteiger partial charge in [0.2, 0.25) is 0 Å². The van der Waals surface area contributed by atoms with Gasteiger partial charge in [-0.1, -0.05) is 29.3 Å². The number of hydrogen-bond donors (Lipinski definition) is 0. The third kappa shape index (κ3) is 2.15. The van der Waals surface area contributed by atoms with Crippen molar-refractivity contribution in [3.8, 4) is 0 Å². The molecule has 0 saturated carbocycles. The zero-order chi connectivity index (χ0) is 6.97. The standard InChI is InChI=1S/C9H10N.Rb/c1-7-2-3-9-8(6-7)4-5-10-9;/h2-3,6H,4-5H2,1H3;/q-1;+1. The maximum atomic E-state index is 4.34. The Labute approximate surface area is 116 Å². The maximum Gasteiger partial charge on any atom is 1.00 e. The average Bonchev–Trinajstić information content (AvgIpc) is 2.33. The third-order valence-corrected chi connectivity index (χ3v) is 1.90. The Balaban J connectivity index is 0.000000605. The summed E-state index contributed by atoms with van der Waals surface area (Å²) in [5.74, 6) is 0. The monoisotopic (exact) mass is 217 g/mol. The smallest absolute Gasteiger partial charge is 0.684 e. The Morgan fingerprint density at radius 3 is 3.00 bits per heavy atom. The molecule has 1 nitrogen and oxygen atoms in total. The fourth-order valence-corrected chi connectivity index (χ4v) is 1.37. The zero-order valence-corrected chi connectivity index (χ0v) is 12.0. The van der Waals surface area contributed by atoms with Crippen LogP contribution in [0.1, 0.15) is 11.1 Å². The van der Waals surface area contributed by atoms with Crippen LogP contribution in [-0.2, 0) is 6.42 Å². The fourth-order valence-electron chi connectivity index (χ4n) is 1.37. The van der Waals surface area contributed by atoms with Gasteiger partial charge in [0.05, 0.1) is 0 Å². The number of aryl methyl sites for hydroxylation is 1. The van der Waals surface area contributed by atoms with Crippen molar-refractivity contribution in [1.82, 2.24) is 0 Å². The number of fused-ring (bicyclic) bond motifs is 1. The molecular weight excluding hydrogens is 208 g/mol. The van der Waals surface area contributed by atoms with Crippen LogP contribution in [0.4, 0.5) is 5.69 Å². The van der Waals surface area contributed by atoms with Gasteiger partial charge in [0.15, 0.2) is 0 Å². The molecule has 1 aromatic carbocycles. The first-order valence-electron chi connectivity index (χ1n) is 3.63. The predicted molar refractivity (Wildman–Crippen MR) is 42.8 cm³/mol. The summed E-state index contributed by atoms with van der Waals surface area (Å²) in [5, 5.41) is 4.34. The Morgan fingerprint density at radius 2 is 2.18 bits per heavy atom. The molecule has 0 radical (unpaired) electrons. The van der Waals surface area contributed by atoms with Gasteiger partial charge in [-0.15, -0.1) is 12.2 Å². The summed E-state index contributed by atoms with van der Waals surface area (Å²) in [6, 6.07) is 6.46. The summed E-state index contributed by atoms with van der Waals surface area (Å²) in [6.07, 6.45) is 1.14. The second-order valence-electron chi connectivity index (χ2n) is 2.76. The van der Waals surface area contributed by atoms with Gasteiger partial charge in [-0.25, -0.2) is 0 Å². The number of hydrogen-bond acceptors (Lipinski definition) is 0. The number of benzene rings is 1. The van der Waals surface area contributed by atoms with Crippen LogP contribution in [-0.4, -0.2) is 6.54 Å². The first-order valence-corrected chi connectivity index (χ1v) is 3.63. The van der Waals surface area contributed by atoms with Crippen LogP contribution >= 0.6 is 0 Å². The van der Waals surface area contributed by atoms with Gasteiger partial charge in [0, 0.05) is 0 Å². The Morgan fingerprint density at radius 1 is 1.36 bits per heavy atom. The molecule has 1 aliphatic rings. The van der Waals surface area contributed by atoms with Crippen LogP contribution in [0.15, 0.2) is 18.2 Å². The molecule has 0 spiro atoms. The van der Waals surface area contributed by atoms with E-state index in [2.05, 4.69) is 30.4 Å². The average molecular weight is 218 g/mol. The van der Waals surface area contributed by atoms with Crippen molar-refractivity contribution in [2.24, 2.45) is 0 Å². The molecule has 0 unspecified atom stereocenters. The molecule has 1 heterocycles. The normalized spacial score (nSPS) is 13.2. The molecule has 1 aliphatic heterocycles. The van der Waals surface area contributed by atoms with Crippen molar-refractivity contribution < 1.29 is 58.2 Å². The number of nitrogens with zero attached hydrogens (tertiary/aromatic N) is 1. The molecule has 52 valence electrons. The topological polar surface area (TPSA) is 14.1 Å². The second-order valence-corrected chi connectivity index (χ2v) is 2.76. The SMILES string of the molecule is Cc1ccc2c(c1)CC[N-]2.[Rb+]. The molecule has 0 aliphatic carbocycles. The molecule has 0 amide bonds. The summed E-state index contributed by atoms with van der Waals surface area (Å²) in [4.78, 5) is 0. The Kier molecular flexibility index (Phi) is 3.76. The van der Waals surface area contributed by atoms with Crippen molar-refractivity contribution in [3.63, 3.8) is 0 Å². The predicted octanol–water partition coefficient (Wildman–Crippen LogP) is -0.440. The van der Waals surface area contributed by atoms with E-state index < -0.39 is 0 Å². The van der Waals surface area contributed by atoms with E-state index in [-0.39, 0.29) is 58.2 Å². The van der Waals surface area contributed by atoms with E-state index in [4.69, 9.17) is 0 Å².